The summed E-state index contributed by atoms with van der Waals surface area (Å²) in [5.41, 5.74) is 1.88. The SMILES string of the molecule is CC(C)C(C(=O)Nc1ccc2[nH]c(=O)[nH]c2c1)N1C(=O)c2ccccc2C1=O. The molecule has 28 heavy (non-hydrogen) atoms. The van der Waals surface area contributed by atoms with Gasteiger partial charge in [0.2, 0.25) is 5.91 Å². The molecule has 1 aliphatic heterocycles. The van der Waals surface area contributed by atoms with Crippen molar-refractivity contribution in [3.63, 3.8) is 0 Å². The maximum Gasteiger partial charge on any atom is 0.323 e. The Morgan fingerprint density at radius 3 is 2.14 bits per heavy atom. The molecule has 1 aliphatic rings. The van der Waals surface area contributed by atoms with Gasteiger partial charge in [0, 0.05) is 5.69 Å². The lowest BCUT2D eigenvalue weighted by Crippen LogP contribution is -2.50. The summed E-state index contributed by atoms with van der Waals surface area (Å²) in [4.78, 5) is 56.2. The monoisotopic (exact) mass is 378 g/mol. The van der Waals surface area contributed by atoms with Gasteiger partial charge in [0.15, 0.2) is 0 Å². The number of rotatable bonds is 4. The molecule has 2 aromatic carbocycles. The molecule has 4 rings (SSSR count). The summed E-state index contributed by atoms with van der Waals surface area (Å²) in [5.74, 6) is -1.71. The minimum absolute atomic E-state index is 0.294. The molecule has 142 valence electrons. The number of H-pyrrole nitrogens is 2. The first-order valence-electron chi connectivity index (χ1n) is 8.86. The van der Waals surface area contributed by atoms with E-state index < -0.39 is 23.8 Å². The van der Waals surface area contributed by atoms with Gasteiger partial charge in [-0.05, 0) is 36.2 Å². The Balaban J connectivity index is 1.64. The van der Waals surface area contributed by atoms with Crippen LogP contribution in [0.5, 0.6) is 0 Å². The second-order valence-electron chi connectivity index (χ2n) is 7.04. The zero-order valence-electron chi connectivity index (χ0n) is 15.3. The number of nitrogens with zero attached hydrogens (tertiary/aromatic N) is 1. The van der Waals surface area contributed by atoms with Gasteiger partial charge in [0.1, 0.15) is 6.04 Å². The van der Waals surface area contributed by atoms with Gasteiger partial charge < -0.3 is 15.3 Å². The molecule has 0 fully saturated rings. The average molecular weight is 378 g/mol. The molecule has 0 aliphatic carbocycles. The molecule has 3 amide bonds. The fraction of sp³-hybridized carbons (Fsp3) is 0.200. The van der Waals surface area contributed by atoms with Crippen molar-refractivity contribution in [2.24, 2.45) is 5.92 Å². The van der Waals surface area contributed by atoms with Gasteiger partial charge in [-0.3, -0.25) is 19.3 Å². The van der Waals surface area contributed by atoms with Crippen molar-refractivity contribution in [1.82, 2.24) is 14.9 Å². The van der Waals surface area contributed by atoms with E-state index in [9.17, 15) is 19.2 Å². The molecule has 1 aromatic heterocycles. The quantitative estimate of drug-likeness (QED) is 0.603. The number of benzene rings is 2. The number of carbonyl (C=O) groups excluding carboxylic acids is 3. The predicted molar refractivity (Wildman–Crippen MR) is 103 cm³/mol. The van der Waals surface area contributed by atoms with Crippen molar-refractivity contribution in [2.45, 2.75) is 19.9 Å². The first-order valence-corrected chi connectivity index (χ1v) is 8.86. The van der Waals surface area contributed by atoms with Gasteiger partial charge in [-0.2, -0.15) is 0 Å². The minimum atomic E-state index is -0.964. The van der Waals surface area contributed by atoms with E-state index in [0.717, 1.165) is 4.90 Å². The summed E-state index contributed by atoms with van der Waals surface area (Å²) in [6.07, 6.45) is 0. The van der Waals surface area contributed by atoms with Crippen LogP contribution in [0, 0.1) is 5.92 Å². The second kappa shape index (κ2) is 6.49. The van der Waals surface area contributed by atoms with Crippen LogP contribution in [0.2, 0.25) is 0 Å². The zero-order chi connectivity index (χ0) is 20.0. The lowest BCUT2D eigenvalue weighted by Gasteiger charge is -2.28. The van der Waals surface area contributed by atoms with Crippen LogP contribution in [0.25, 0.3) is 11.0 Å². The van der Waals surface area contributed by atoms with Crippen LogP contribution in [0.15, 0.2) is 47.3 Å². The molecule has 8 heteroatoms. The van der Waals surface area contributed by atoms with Crippen LogP contribution in [0.3, 0.4) is 0 Å². The molecular formula is C20H18N4O4. The Kier molecular flexibility index (Phi) is 4.11. The Labute approximate surface area is 159 Å². The smallest absolute Gasteiger partial charge is 0.323 e. The predicted octanol–water partition coefficient (Wildman–Crippen LogP) is 2.12. The fourth-order valence-electron chi connectivity index (χ4n) is 3.51. The first kappa shape index (κ1) is 17.7. The number of imidazole rings is 1. The molecule has 1 atom stereocenters. The molecular weight excluding hydrogens is 360 g/mol. The maximum atomic E-state index is 13.0. The summed E-state index contributed by atoms with van der Waals surface area (Å²) < 4.78 is 0. The Hall–Kier alpha value is -3.68. The third kappa shape index (κ3) is 2.79. The van der Waals surface area contributed by atoms with Crippen LogP contribution in [0.1, 0.15) is 34.6 Å². The molecule has 3 aromatic rings. The number of amides is 3. The molecule has 0 saturated heterocycles. The van der Waals surface area contributed by atoms with E-state index in [1.165, 1.54) is 0 Å². The van der Waals surface area contributed by atoms with Crippen LogP contribution >= 0.6 is 0 Å². The highest BCUT2D eigenvalue weighted by Crippen LogP contribution is 2.28. The Morgan fingerprint density at radius 2 is 1.54 bits per heavy atom. The fourth-order valence-corrected chi connectivity index (χ4v) is 3.51. The molecule has 8 nitrogen and oxygen atoms in total. The molecule has 3 N–H and O–H groups in total. The highest BCUT2D eigenvalue weighted by Gasteiger charge is 2.43. The number of nitrogens with one attached hydrogen (secondary N) is 3. The van der Waals surface area contributed by atoms with Crippen LogP contribution in [-0.4, -0.2) is 38.6 Å². The van der Waals surface area contributed by atoms with Gasteiger partial charge in [-0.15, -0.1) is 0 Å². The van der Waals surface area contributed by atoms with E-state index in [2.05, 4.69) is 15.3 Å². The number of aromatic nitrogens is 2. The normalized spacial score (nSPS) is 14.6. The molecule has 0 bridgehead atoms. The number of carbonyl (C=O) groups is 3. The minimum Gasteiger partial charge on any atom is -0.324 e. The van der Waals surface area contributed by atoms with E-state index in [4.69, 9.17) is 0 Å². The van der Waals surface area contributed by atoms with Crippen LogP contribution < -0.4 is 11.0 Å². The van der Waals surface area contributed by atoms with Gasteiger partial charge in [-0.25, -0.2) is 4.79 Å². The van der Waals surface area contributed by atoms with E-state index in [1.807, 2.05) is 0 Å². The van der Waals surface area contributed by atoms with Gasteiger partial charge >= 0.3 is 5.69 Å². The van der Waals surface area contributed by atoms with Crippen LogP contribution in [-0.2, 0) is 4.79 Å². The highest BCUT2D eigenvalue weighted by atomic mass is 16.2. The van der Waals surface area contributed by atoms with Gasteiger partial charge in [0.25, 0.3) is 11.8 Å². The third-order valence-corrected chi connectivity index (χ3v) is 4.79. The van der Waals surface area contributed by atoms with E-state index in [0.29, 0.717) is 27.8 Å². The Morgan fingerprint density at radius 1 is 0.929 bits per heavy atom. The van der Waals surface area contributed by atoms with Gasteiger partial charge in [-0.1, -0.05) is 26.0 Å². The molecule has 2 heterocycles. The number of hydrogen-bond acceptors (Lipinski definition) is 4. The molecule has 0 saturated carbocycles. The number of hydrogen-bond donors (Lipinski definition) is 3. The summed E-state index contributed by atoms with van der Waals surface area (Å²) in [6, 6.07) is 10.5. The first-order chi connectivity index (χ1) is 13.4. The summed E-state index contributed by atoms with van der Waals surface area (Å²) in [6.45, 7) is 3.56. The number of fused-ring (bicyclic) bond motifs is 2. The lowest BCUT2D eigenvalue weighted by atomic mass is 10.0. The maximum absolute atomic E-state index is 13.0. The topological polar surface area (TPSA) is 115 Å². The van der Waals surface area contributed by atoms with E-state index >= 15 is 0 Å². The van der Waals surface area contributed by atoms with Crippen LogP contribution in [0.4, 0.5) is 5.69 Å². The van der Waals surface area contributed by atoms with E-state index in [-0.39, 0.29) is 11.6 Å². The number of aromatic amines is 2. The van der Waals surface area contributed by atoms with Crippen molar-refractivity contribution < 1.29 is 14.4 Å². The van der Waals surface area contributed by atoms with Crippen molar-refractivity contribution in [3.05, 3.63) is 64.1 Å². The number of anilines is 1. The summed E-state index contributed by atoms with van der Waals surface area (Å²) in [7, 11) is 0. The molecule has 1 unspecified atom stereocenters. The van der Waals surface area contributed by atoms with Crippen molar-refractivity contribution >= 4 is 34.4 Å². The summed E-state index contributed by atoms with van der Waals surface area (Å²) >= 11 is 0. The number of imide groups is 1. The lowest BCUT2D eigenvalue weighted by molar-refractivity contribution is -0.121. The highest BCUT2D eigenvalue weighted by molar-refractivity contribution is 6.23. The largest absolute Gasteiger partial charge is 0.324 e. The van der Waals surface area contributed by atoms with E-state index in [1.54, 1.807) is 56.3 Å². The summed E-state index contributed by atoms with van der Waals surface area (Å²) in [5, 5.41) is 2.75. The average Bonchev–Trinajstić information content (AvgIpc) is 3.14. The van der Waals surface area contributed by atoms with Crippen molar-refractivity contribution in [3.8, 4) is 0 Å². The van der Waals surface area contributed by atoms with Crippen molar-refractivity contribution in [1.29, 1.82) is 0 Å². The second-order valence-corrected chi connectivity index (χ2v) is 7.04. The van der Waals surface area contributed by atoms with Crippen molar-refractivity contribution in [2.75, 3.05) is 5.32 Å². The standard InChI is InChI=1S/C20H18N4O4/c1-10(2)16(24-18(26)12-5-3-4-6-13(12)19(24)27)17(25)21-11-7-8-14-15(9-11)23-20(28)22-14/h3-10,16H,1-2H3,(H,21,25)(H2,22,23,28). The Bertz CT molecular complexity index is 1140. The molecule has 0 radical (unpaired) electrons. The third-order valence-electron chi connectivity index (χ3n) is 4.79. The zero-order valence-corrected chi connectivity index (χ0v) is 15.3. The van der Waals surface area contributed by atoms with Gasteiger partial charge in [0.05, 0.1) is 22.2 Å². The molecule has 0 spiro atoms.